The number of benzene rings is 1. The minimum Gasteiger partial charge on any atom is -0.507 e. The predicted molar refractivity (Wildman–Crippen MR) is 55.5 cm³/mol. The highest BCUT2D eigenvalue weighted by Crippen LogP contribution is 2.30. The van der Waals surface area contributed by atoms with E-state index in [0.29, 0.717) is 5.69 Å². The van der Waals surface area contributed by atoms with Gasteiger partial charge in [0, 0.05) is 4.91 Å². The number of aryl methyl sites for hydroxylation is 1. The number of azide groups is 1. The Morgan fingerprint density at radius 1 is 1.50 bits per heavy atom. The van der Waals surface area contributed by atoms with E-state index < -0.39 is 0 Å². The lowest BCUT2D eigenvalue weighted by Gasteiger charge is -2.05. The zero-order valence-electron chi connectivity index (χ0n) is 8.14. The maximum absolute atomic E-state index is 9.68. The van der Waals surface area contributed by atoms with Crippen LogP contribution in [-0.2, 0) is 6.42 Å². The van der Waals surface area contributed by atoms with Crippen LogP contribution < -0.4 is 0 Å². The van der Waals surface area contributed by atoms with Crippen LogP contribution in [0.5, 0.6) is 5.75 Å². The van der Waals surface area contributed by atoms with E-state index >= 15 is 0 Å². The third-order valence-electron chi connectivity index (χ3n) is 2.05. The van der Waals surface area contributed by atoms with E-state index in [2.05, 4.69) is 16.9 Å². The standard InChI is InChI=1S/C10H13N3O/c1-2-3-5-8-6-4-7-9(10(8)14)12-13-11/h4,6-7,14H,2-3,5H2,1H3. The maximum Gasteiger partial charge on any atom is 0.128 e. The minimum atomic E-state index is 0.110. The predicted octanol–water partition coefficient (Wildman–Crippen LogP) is 3.68. The average molecular weight is 191 g/mol. The molecule has 0 aromatic heterocycles. The van der Waals surface area contributed by atoms with Crippen molar-refractivity contribution >= 4 is 5.69 Å². The molecule has 0 aliphatic rings. The first-order valence-corrected chi connectivity index (χ1v) is 4.65. The van der Waals surface area contributed by atoms with E-state index in [1.54, 1.807) is 12.1 Å². The van der Waals surface area contributed by atoms with Crippen LogP contribution in [0.1, 0.15) is 25.3 Å². The Labute approximate surface area is 82.8 Å². The van der Waals surface area contributed by atoms with Gasteiger partial charge in [0.05, 0.1) is 5.69 Å². The zero-order chi connectivity index (χ0) is 10.4. The van der Waals surface area contributed by atoms with Crippen molar-refractivity contribution in [1.82, 2.24) is 0 Å². The summed E-state index contributed by atoms with van der Waals surface area (Å²) in [5.74, 6) is 0.110. The van der Waals surface area contributed by atoms with Gasteiger partial charge in [0.15, 0.2) is 0 Å². The Balaban J connectivity index is 2.94. The summed E-state index contributed by atoms with van der Waals surface area (Å²) in [6.07, 6.45) is 2.91. The zero-order valence-corrected chi connectivity index (χ0v) is 8.14. The van der Waals surface area contributed by atoms with E-state index in [4.69, 9.17) is 5.53 Å². The van der Waals surface area contributed by atoms with Crippen LogP contribution in [0.2, 0.25) is 0 Å². The number of nitrogens with zero attached hydrogens (tertiary/aromatic N) is 3. The Bertz CT molecular complexity index is 356. The number of phenols is 1. The van der Waals surface area contributed by atoms with E-state index in [0.717, 1.165) is 24.8 Å². The fourth-order valence-electron chi connectivity index (χ4n) is 1.28. The summed E-state index contributed by atoms with van der Waals surface area (Å²) in [6, 6.07) is 5.24. The summed E-state index contributed by atoms with van der Waals surface area (Å²) in [7, 11) is 0. The molecule has 1 rings (SSSR count). The molecule has 1 aromatic carbocycles. The first-order valence-electron chi connectivity index (χ1n) is 4.65. The molecule has 0 bridgehead atoms. The highest BCUT2D eigenvalue weighted by Gasteiger charge is 2.04. The van der Waals surface area contributed by atoms with Gasteiger partial charge in [-0.05, 0) is 30.0 Å². The number of phenolic OH excluding ortho intramolecular Hbond substituents is 1. The summed E-state index contributed by atoms with van der Waals surface area (Å²) >= 11 is 0. The second-order valence-corrected chi connectivity index (χ2v) is 3.08. The normalized spacial score (nSPS) is 9.50. The Morgan fingerprint density at radius 3 is 2.93 bits per heavy atom. The summed E-state index contributed by atoms with van der Waals surface area (Å²) in [4.78, 5) is 2.65. The molecule has 0 unspecified atom stereocenters. The van der Waals surface area contributed by atoms with Crippen LogP contribution in [0.4, 0.5) is 5.69 Å². The van der Waals surface area contributed by atoms with Crippen LogP contribution >= 0.6 is 0 Å². The molecule has 0 atom stereocenters. The van der Waals surface area contributed by atoms with Gasteiger partial charge in [-0.15, -0.1) is 0 Å². The number of hydrogen-bond donors (Lipinski definition) is 1. The van der Waals surface area contributed by atoms with E-state index in [-0.39, 0.29) is 5.75 Å². The first kappa shape index (κ1) is 10.4. The molecule has 0 saturated carbocycles. The summed E-state index contributed by atoms with van der Waals surface area (Å²) < 4.78 is 0. The van der Waals surface area contributed by atoms with Gasteiger partial charge in [-0.2, -0.15) is 0 Å². The lowest BCUT2D eigenvalue weighted by atomic mass is 10.1. The van der Waals surface area contributed by atoms with Gasteiger partial charge >= 0.3 is 0 Å². The van der Waals surface area contributed by atoms with E-state index in [1.807, 2.05) is 6.07 Å². The molecule has 0 aliphatic carbocycles. The highest BCUT2D eigenvalue weighted by molar-refractivity contribution is 5.55. The summed E-state index contributed by atoms with van der Waals surface area (Å²) in [5.41, 5.74) is 9.41. The molecule has 4 nitrogen and oxygen atoms in total. The largest absolute Gasteiger partial charge is 0.507 e. The Hall–Kier alpha value is -1.67. The van der Waals surface area contributed by atoms with Crippen molar-refractivity contribution in [2.75, 3.05) is 0 Å². The van der Waals surface area contributed by atoms with Crippen molar-refractivity contribution < 1.29 is 5.11 Å². The average Bonchev–Trinajstić information content (AvgIpc) is 2.20. The minimum absolute atomic E-state index is 0.110. The van der Waals surface area contributed by atoms with Crippen LogP contribution in [0.3, 0.4) is 0 Å². The van der Waals surface area contributed by atoms with Gasteiger partial charge in [-0.3, -0.25) is 0 Å². The number of rotatable bonds is 4. The number of para-hydroxylation sites is 1. The van der Waals surface area contributed by atoms with Gasteiger partial charge < -0.3 is 5.11 Å². The van der Waals surface area contributed by atoms with Crippen LogP contribution in [0.25, 0.3) is 10.4 Å². The molecule has 0 saturated heterocycles. The molecule has 4 heteroatoms. The van der Waals surface area contributed by atoms with E-state index in [9.17, 15) is 5.11 Å². The van der Waals surface area contributed by atoms with Crippen molar-refractivity contribution in [3.8, 4) is 5.75 Å². The topological polar surface area (TPSA) is 69.0 Å². The van der Waals surface area contributed by atoms with Crippen molar-refractivity contribution in [3.05, 3.63) is 34.2 Å². The monoisotopic (exact) mass is 191 g/mol. The van der Waals surface area contributed by atoms with Crippen LogP contribution in [0.15, 0.2) is 23.3 Å². The molecule has 0 heterocycles. The third-order valence-corrected chi connectivity index (χ3v) is 2.05. The Kier molecular flexibility index (Phi) is 3.83. The van der Waals surface area contributed by atoms with Crippen LogP contribution in [0, 0.1) is 0 Å². The molecule has 1 N–H and O–H groups in total. The molecule has 14 heavy (non-hydrogen) atoms. The maximum atomic E-state index is 9.68. The fourth-order valence-corrected chi connectivity index (χ4v) is 1.28. The second kappa shape index (κ2) is 5.14. The van der Waals surface area contributed by atoms with Gasteiger partial charge in [0.1, 0.15) is 5.75 Å². The fraction of sp³-hybridized carbons (Fsp3) is 0.400. The Morgan fingerprint density at radius 2 is 2.29 bits per heavy atom. The second-order valence-electron chi connectivity index (χ2n) is 3.08. The summed E-state index contributed by atoms with van der Waals surface area (Å²) in [6.45, 7) is 2.09. The number of unbranched alkanes of at least 4 members (excludes halogenated alkanes) is 1. The number of hydrogen-bond acceptors (Lipinski definition) is 2. The first-order chi connectivity index (χ1) is 6.79. The molecule has 74 valence electrons. The summed E-state index contributed by atoms with van der Waals surface area (Å²) in [5, 5.41) is 13.1. The lowest BCUT2D eigenvalue weighted by molar-refractivity contribution is 0.468. The molecular formula is C10H13N3O. The molecule has 0 aliphatic heterocycles. The third kappa shape index (κ3) is 2.41. The highest BCUT2D eigenvalue weighted by atomic mass is 16.3. The molecule has 0 amide bonds. The smallest absolute Gasteiger partial charge is 0.128 e. The quantitative estimate of drug-likeness (QED) is 0.440. The van der Waals surface area contributed by atoms with Gasteiger partial charge in [-0.1, -0.05) is 30.6 Å². The number of aromatic hydroxyl groups is 1. The molecule has 0 radical (unpaired) electrons. The molecule has 0 fully saturated rings. The van der Waals surface area contributed by atoms with E-state index in [1.165, 1.54) is 0 Å². The lowest BCUT2D eigenvalue weighted by Crippen LogP contribution is -1.85. The molecule has 0 spiro atoms. The van der Waals surface area contributed by atoms with Crippen molar-refractivity contribution in [3.63, 3.8) is 0 Å². The van der Waals surface area contributed by atoms with Gasteiger partial charge in [0.2, 0.25) is 0 Å². The molecular weight excluding hydrogens is 178 g/mol. The van der Waals surface area contributed by atoms with Gasteiger partial charge in [0.25, 0.3) is 0 Å². The van der Waals surface area contributed by atoms with Crippen molar-refractivity contribution in [2.24, 2.45) is 5.11 Å². The van der Waals surface area contributed by atoms with Crippen molar-refractivity contribution in [2.45, 2.75) is 26.2 Å². The molecule has 1 aromatic rings. The SMILES string of the molecule is CCCCc1cccc(N=[N+]=[N-])c1O. The van der Waals surface area contributed by atoms with Crippen LogP contribution in [-0.4, -0.2) is 5.11 Å². The van der Waals surface area contributed by atoms with Gasteiger partial charge in [-0.25, -0.2) is 0 Å². The van der Waals surface area contributed by atoms with Crippen molar-refractivity contribution in [1.29, 1.82) is 0 Å².